The number of ether oxygens (including phenoxy) is 1. The molecule has 1 N–H and O–H groups in total. The highest BCUT2D eigenvalue weighted by Gasteiger charge is 2.12. The number of fused-ring (bicyclic) bond motifs is 1. The minimum Gasteiger partial charge on any atom is -0.491 e. The number of para-hydroxylation sites is 3. The Morgan fingerprint density at radius 1 is 1.06 bits per heavy atom. The molecule has 0 spiro atoms. The number of hydrogen-bond acceptors (Lipinski definition) is 3. The maximum Gasteiger partial charge on any atom is 0.251 e. The van der Waals surface area contributed by atoms with Gasteiger partial charge in [0.25, 0.3) is 5.91 Å². The standard InChI is InChI=1S/C25H24BrN3O2/c1-18-7-2-5-12-23(18)31-16-15-29-22-11-4-3-10-21(22)28-24(29)13-14-27-25(30)19-8-6-9-20(26)17-19/h2-12,17H,13-16H2,1H3,(H,27,30). The van der Waals surface area contributed by atoms with E-state index in [9.17, 15) is 4.79 Å². The fraction of sp³-hybridized carbons (Fsp3) is 0.200. The zero-order valence-corrected chi connectivity index (χ0v) is 18.9. The molecule has 1 heterocycles. The minimum absolute atomic E-state index is 0.0909. The van der Waals surface area contributed by atoms with E-state index in [-0.39, 0.29) is 5.91 Å². The summed E-state index contributed by atoms with van der Waals surface area (Å²) in [5.74, 6) is 1.74. The average molecular weight is 478 g/mol. The number of imidazole rings is 1. The predicted molar refractivity (Wildman–Crippen MR) is 127 cm³/mol. The third-order valence-corrected chi connectivity index (χ3v) is 5.61. The molecule has 0 saturated heterocycles. The van der Waals surface area contributed by atoms with Gasteiger partial charge in [0.05, 0.1) is 17.6 Å². The van der Waals surface area contributed by atoms with Gasteiger partial charge in [-0.1, -0.05) is 52.3 Å². The van der Waals surface area contributed by atoms with Crippen LogP contribution in [0.15, 0.2) is 77.3 Å². The molecule has 6 heteroatoms. The Morgan fingerprint density at radius 2 is 1.87 bits per heavy atom. The van der Waals surface area contributed by atoms with Gasteiger partial charge in [-0.3, -0.25) is 4.79 Å². The molecule has 3 aromatic carbocycles. The highest BCUT2D eigenvalue weighted by atomic mass is 79.9. The monoisotopic (exact) mass is 477 g/mol. The summed E-state index contributed by atoms with van der Waals surface area (Å²) in [4.78, 5) is 17.2. The molecule has 31 heavy (non-hydrogen) atoms. The number of rotatable bonds is 8. The normalized spacial score (nSPS) is 10.9. The Bertz CT molecular complexity index is 1200. The Balaban J connectivity index is 1.43. The van der Waals surface area contributed by atoms with Crippen molar-refractivity contribution in [2.75, 3.05) is 13.2 Å². The Morgan fingerprint density at radius 3 is 2.71 bits per heavy atom. The number of aromatic nitrogens is 2. The predicted octanol–water partition coefficient (Wildman–Crippen LogP) is 5.16. The fourth-order valence-electron chi connectivity index (χ4n) is 3.55. The molecule has 0 aliphatic rings. The van der Waals surface area contributed by atoms with Crippen LogP contribution in [-0.2, 0) is 13.0 Å². The molecule has 1 aromatic heterocycles. The number of nitrogens with one attached hydrogen (secondary N) is 1. The van der Waals surface area contributed by atoms with Crippen molar-refractivity contribution in [1.82, 2.24) is 14.9 Å². The Labute approximate surface area is 190 Å². The van der Waals surface area contributed by atoms with Crippen LogP contribution in [0.25, 0.3) is 11.0 Å². The topological polar surface area (TPSA) is 56.1 Å². The summed E-state index contributed by atoms with van der Waals surface area (Å²) in [6, 6.07) is 23.5. The van der Waals surface area contributed by atoms with Crippen LogP contribution in [0.4, 0.5) is 0 Å². The van der Waals surface area contributed by atoms with E-state index in [4.69, 9.17) is 9.72 Å². The highest BCUT2D eigenvalue weighted by molar-refractivity contribution is 9.10. The van der Waals surface area contributed by atoms with Crippen molar-refractivity contribution >= 4 is 32.9 Å². The summed E-state index contributed by atoms with van der Waals surface area (Å²) in [7, 11) is 0. The maximum atomic E-state index is 12.4. The van der Waals surface area contributed by atoms with Gasteiger partial charge >= 0.3 is 0 Å². The fourth-order valence-corrected chi connectivity index (χ4v) is 3.95. The molecule has 0 fully saturated rings. The van der Waals surface area contributed by atoms with E-state index >= 15 is 0 Å². The number of hydrogen-bond donors (Lipinski definition) is 1. The average Bonchev–Trinajstić information content (AvgIpc) is 3.12. The smallest absolute Gasteiger partial charge is 0.251 e. The number of nitrogens with zero attached hydrogens (tertiary/aromatic N) is 2. The molecule has 0 unspecified atom stereocenters. The van der Waals surface area contributed by atoms with Crippen molar-refractivity contribution in [2.24, 2.45) is 0 Å². The van der Waals surface area contributed by atoms with E-state index in [2.05, 4.69) is 31.9 Å². The van der Waals surface area contributed by atoms with Gasteiger partial charge in [-0.15, -0.1) is 0 Å². The van der Waals surface area contributed by atoms with Gasteiger partial charge in [0, 0.05) is 23.0 Å². The van der Waals surface area contributed by atoms with Crippen molar-refractivity contribution in [1.29, 1.82) is 0 Å². The molecule has 0 aliphatic carbocycles. The lowest BCUT2D eigenvalue weighted by atomic mass is 10.2. The summed E-state index contributed by atoms with van der Waals surface area (Å²) >= 11 is 3.40. The molecule has 1 amide bonds. The van der Waals surface area contributed by atoms with Gasteiger partial charge in [-0.25, -0.2) is 4.98 Å². The molecule has 0 atom stereocenters. The van der Waals surface area contributed by atoms with E-state index in [0.717, 1.165) is 32.6 Å². The molecule has 0 bridgehead atoms. The van der Waals surface area contributed by atoms with Gasteiger partial charge < -0.3 is 14.6 Å². The second kappa shape index (κ2) is 9.79. The van der Waals surface area contributed by atoms with Crippen LogP contribution in [-0.4, -0.2) is 28.6 Å². The second-order valence-electron chi connectivity index (χ2n) is 7.30. The first kappa shape index (κ1) is 21.1. The number of carbonyl (C=O) groups excluding carboxylic acids is 1. The molecular weight excluding hydrogens is 454 g/mol. The third-order valence-electron chi connectivity index (χ3n) is 5.12. The van der Waals surface area contributed by atoms with Crippen LogP contribution >= 0.6 is 15.9 Å². The molecule has 0 aliphatic heterocycles. The maximum absolute atomic E-state index is 12.4. The summed E-state index contributed by atoms with van der Waals surface area (Å²) in [5.41, 5.74) is 3.78. The largest absolute Gasteiger partial charge is 0.491 e. The summed E-state index contributed by atoms with van der Waals surface area (Å²) < 4.78 is 9.07. The quantitative estimate of drug-likeness (QED) is 0.381. The summed E-state index contributed by atoms with van der Waals surface area (Å²) in [5, 5.41) is 2.99. The lowest BCUT2D eigenvalue weighted by Crippen LogP contribution is -2.26. The first-order valence-corrected chi connectivity index (χ1v) is 11.1. The van der Waals surface area contributed by atoms with Crippen molar-refractivity contribution < 1.29 is 9.53 Å². The number of halogens is 1. The van der Waals surface area contributed by atoms with Gasteiger partial charge in [0.2, 0.25) is 0 Å². The van der Waals surface area contributed by atoms with Crippen LogP contribution in [0.5, 0.6) is 5.75 Å². The molecule has 4 aromatic rings. The number of carbonyl (C=O) groups is 1. The van der Waals surface area contributed by atoms with E-state index in [1.165, 1.54) is 0 Å². The number of amides is 1. The van der Waals surface area contributed by atoms with E-state index in [1.54, 1.807) is 6.07 Å². The van der Waals surface area contributed by atoms with E-state index in [0.29, 0.717) is 31.7 Å². The van der Waals surface area contributed by atoms with Crippen LogP contribution in [0.3, 0.4) is 0 Å². The zero-order valence-electron chi connectivity index (χ0n) is 17.3. The second-order valence-corrected chi connectivity index (χ2v) is 8.21. The van der Waals surface area contributed by atoms with Crippen LogP contribution in [0, 0.1) is 6.92 Å². The van der Waals surface area contributed by atoms with Gasteiger partial charge in [-0.05, 0) is 48.9 Å². The summed E-state index contributed by atoms with van der Waals surface area (Å²) in [6.45, 7) is 3.78. The SMILES string of the molecule is Cc1ccccc1OCCn1c(CCNC(=O)c2cccc(Br)c2)nc2ccccc21. The molecule has 0 radical (unpaired) electrons. The third kappa shape index (κ3) is 5.14. The first-order chi connectivity index (χ1) is 15.1. The minimum atomic E-state index is -0.0909. The molecule has 158 valence electrons. The van der Waals surface area contributed by atoms with E-state index < -0.39 is 0 Å². The van der Waals surface area contributed by atoms with E-state index in [1.807, 2.05) is 67.6 Å². The molecule has 4 rings (SSSR count). The van der Waals surface area contributed by atoms with Crippen molar-refractivity contribution in [2.45, 2.75) is 19.9 Å². The van der Waals surface area contributed by atoms with Crippen molar-refractivity contribution in [3.8, 4) is 5.75 Å². The number of aryl methyl sites for hydroxylation is 1. The first-order valence-electron chi connectivity index (χ1n) is 10.3. The summed E-state index contributed by atoms with van der Waals surface area (Å²) in [6.07, 6.45) is 0.638. The van der Waals surface area contributed by atoms with Gasteiger partial charge in [0.1, 0.15) is 18.2 Å². The van der Waals surface area contributed by atoms with Gasteiger partial charge in [-0.2, -0.15) is 0 Å². The molecular formula is C25H24BrN3O2. The molecule has 5 nitrogen and oxygen atoms in total. The van der Waals surface area contributed by atoms with Crippen molar-refractivity contribution in [3.63, 3.8) is 0 Å². The number of benzene rings is 3. The Hall–Kier alpha value is -3.12. The van der Waals surface area contributed by atoms with Crippen LogP contribution < -0.4 is 10.1 Å². The Kier molecular flexibility index (Phi) is 6.67. The molecule has 0 saturated carbocycles. The highest BCUT2D eigenvalue weighted by Crippen LogP contribution is 2.19. The van der Waals surface area contributed by atoms with Gasteiger partial charge in [0.15, 0.2) is 0 Å². The van der Waals surface area contributed by atoms with Crippen LogP contribution in [0.2, 0.25) is 0 Å². The van der Waals surface area contributed by atoms with Crippen LogP contribution in [0.1, 0.15) is 21.7 Å². The lowest BCUT2D eigenvalue weighted by Gasteiger charge is -2.12. The zero-order chi connectivity index (χ0) is 21.6. The van der Waals surface area contributed by atoms with Crippen molar-refractivity contribution in [3.05, 3.63) is 94.2 Å². The lowest BCUT2D eigenvalue weighted by molar-refractivity contribution is 0.0954.